The van der Waals surface area contributed by atoms with E-state index >= 15 is 0 Å². The van der Waals surface area contributed by atoms with Gasteiger partial charge in [0.1, 0.15) is 11.9 Å². The maximum absolute atomic E-state index is 5.73. The van der Waals surface area contributed by atoms with Crippen molar-refractivity contribution in [1.29, 1.82) is 0 Å². The second-order valence-electron chi connectivity index (χ2n) is 3.59. The molecule has 90 valence electrons. The monoisotopic (exact) mass is 287 g/mol. The van der Waals surface area contributed by atoms with Gasteiger partial charge in [0.05, 0.1) is 6.61 Å². The molecule has 0 fully saturated rings. The Morgan fingerprint density at radius 3 is 2.75 bits per heavy atom. The standard InChI is InChI=1S/C12H18BrNO2/c1-3-15-8-9(2)16-12-5-10(7-14)4-11(13)6-12/h4-6,9H,3,7-8,14H2,1-2H3. The minimum atomic E-state index is 0.0416. The molecule has 1 aromatic carbocycles. The average Bonchev–Trinajstić information content (AvgIpc) is 2.25. The molecule has 4 heteroatoms. The van der Waals surface area contributed by atoms with Crippen molar-refractivity contribution in [2.45, 2.75) is 26.5 Å². The molecule has 0 radical (unpaired) electrons. The number of hydrogen-bond donors (Lipinski definition) is 1. The molecule has 0 saturated carbocycles. The van der Waals surface area contributed by atoms with Gasteiger partial charge in [0.2, 0.25) is 0 Å². The van der Waals surface area contributed by atoms with Crippen molar-refractivity contribution in [3.05, 3.63) is 28.2 Å². The first-order chi connectivity index (χ1) is 7.65. The predicted octanol–water partition coefficient (Wildman–Crippen LogP) is 2.71. The summed E-state index contributed by atoms with van der Waals surface area (Å²) < 4.78 is 12.0. The van der Waals surface area contributed by atoms with Crippen molar-refractivity contribution < 1.29 is 9.47 Å². The largest absolute Gasteiger partial charge is 0.488 e. The lowest BCUT2D eigenvalue weighted by atomic mass is 10.2. The Balaban J connectivity index is 2.61. The van der Waals surface area contributed by atoms with Gasteiger partial charge in [-0.15, -0.1) is 0 Å². The summed E-state index contributed by atoms with van der Waals surface area (Å²) in [7, 11) is 0. The molecule has 0 aliphatic heterocycles. The number of benzene rings is 1. The van der Waals surface area contributed by atoms with Crippen LogP contribution in [0.15, 0.2) is 22.7 Å². The molecule has 1 unspecified atom stereocenters. The van der Waals surface area contributed by atoms with E-state index in [1.807, 2.05) is 32.0 Å². The highest BCUT2D eigenvalue weighted by Crippen LogP contribution is 2.22. The van der Waals surface area contributed by atoms with E-state index in [1.165, 1.54) is 0 Å². The Morgan fingerprint density at radius 2 is 2.12 bits per heavy atom. The zero-order valence-electron chi connectivity index (χ0n) is 9.70. The summed E-state index contributed by atoms with van der Waals surface area (Å²) in [6, 6.07) is 5.87. The fourth-order valence-electron chi connectivity index (χ4n) is 1.36. The number of ether oxygens (including phenoxy) is 2. The van der Waals surface area contributed by atoms with E-state index < -0.39 is 0 Å². The van der Waals surface area contributed by atoms with Gasteiger partial charge >= 0.3 is 0 Å². The molecule has 0 heterocycles. The van der Waals surface area contributed by atoms with Crippen molar-refractivity contribution in [3.63, 3.8) is 0 Å². The minimum Gasteiger partial charge on any atom is -0.488 e. The zero-order chi connectivity index (χ0) is 12.0. The Bertz CT molecular complexity index is 331. The maximum Gasteiger partial charge on any atom is 0.121 e. The number of rotatable bonds is 6. The molecule has 0 aliphatic carbocycles. The molecule has 0 saturated heterocycles. The van der Waals surface area contributed by atoms with Crippen LogP contribution in [-0.4, -0.2) is 19.3 Å². The molecule has 0 aliphatic rings. The highest BCUT2D eigenvalue weighted by Gasteiger charge is 2.05. The molecular formula is C12H18BrNO2. The van der Waals surface area contributed by atoms with E-state index in [0.717, 1.165) is 15.8 Å². The quantitative estimate of drug-likeness (QED) is 0.875. The Kier molecular flexibility index (Phi) is 5.80. The molecule has 0 amide bonds. The van der Waals surface area contributed by atoms with Crippen LogP contribution in [0.3, 0.4) is 0 Å². The summed E-state index contributed by atoms with van der Waals surface area (Å²) in [6.45, 7) is 5.77. The predicted molar refractivity (Wildman–Crippen MR) is 68.6 cm³/mol. The van der Waals surface area contributed by atoms with Crippen LogP contribution in [0, 0.1) is 0 Å². The van der Waals surface area contributed by atoms with Crippen molar-refractivity contribution in [3.8, 4) is 5.75 Å². The van der Waals surface area contributed by atoms with Crippen LogP contribution in [0.4, 0.5) is 0 Å². The lowest BCUT2D eigenvalue weighted by Gasteiger charge is -2.15. The van der Waals surface area contributed by atoms with Gasteiger partial charge in [-0.1, -0.05) is 15.9 Å². The summed E-state index contributed by atoms with van der Waals surface area (Å²) in [5.74, 6) is 0.821. The Hall–Kier alpha value is -0.580. The molecule has 1 aromatic rings. The minimum absolute atomic E-state index is 0.0416. The van der Waals surface area contributed by atoms with Gasteiger partial charge < -0.3 is 15.2 Å². The van der Waals surface area contributed by atoms with E-state index in [9.17, 15) is 0 Å². The number of hydrogen-bond acceptors (Lipinski definition) is 3. The third kappa shape index (κ3) is 4.51. The van der Waals surface area contributed by atoms with Crippen LogP contribution >= 0.6 is 15.9 Å². The van der Waals surface area contributed by atoms with Gasteiger partial charge in [0.15, 0.2) is 0 Å². The first-order valence-electron chi connectivity index (χ1n) is 5.39. The van der Waals surface area contributed by atoms with Crippen LogP contribution in [0.5, 0.6) is 5.75 Å². The molecular weight excluding hydrogens is 270 g/mol. The van der Waals surface area contributed by atoms with Crippen LogP contribution in [0.2, 0.25) is 0 Å². The molecule has 0 spiro atoms. The van der Waals surface area contributed by atoms with E-state index in [-0.39, 0.29) is 6.10 Å². The molecule has 1 rings (SSSR count). The summed E-state index contributed by atoms with van der Waals surface area (Å²) in [5.41, 5.74) is 6.65. The van der Waals surface area contributed by atoms with Crippen molar-refractivity contribution in [2.75, 3.05) is 13.2 Å². The first kappa shape index (κ1) is 13.5. The lowest BCUT2D eigenvalue weighted by molar-refractivity contribution is 0.0656. The Morgan fingerprint density at radius 1 is 1.38 bits per heavy atom. The van der Waals surface area contributed by atoms with Gasteiger partial charge in [-0.3, -0.25) is 0 Å². The SMILES string of the molecule is CCOCC(C)Oc1cc(Br)cc(CN)c1. The van der Waals surface area contributed by atoms with Crippen LogP contribution in [0.25, 0.3) is 0 Å². The van der Waals surface area contributed by atoms with Crippen molar-refractivity contribution in [1.82, 2.24) is 0 Å². The summed E-state index contributed by atoms with van der Waals surface area (Å²) in [5, 5.41) is 0. The van der Waals surface area contributed by atoms with Gasteiger partial charge in [-0.25, -0.2) is 0 Å². The van der Waals surface area contributed by atoms with Gasteiger partial charge in [0.25, 0.3) is 0 Å². The normalized spacial score (nSPS) is 12.5. The van der Waals surface area contributed by atoms with E-state index in [0.29, 0.717) is 19.8 Å². The van der Waals surface area contributed by atoms with E-state index in [1.54, 1.807) is 0 Å². The molecule has 3 nitrogen and oxygen atoms in total. The highest BCUT2D eigenvalue weighted by atomic mass is 79.9. The summed E-state index contributed by atoms with van der Waals surface area (Å²) in [4.78, 5) is 0. The Labute approximate surface area is 105 Å². The van der Waals surface area contributed by atoms with E-state index in [4.69, 9.17) is 15.2 Å². The maximum atomic E-state index is 5.73. The van der Waals surface area contributed by atoms with Crippen molar-refractivity contribution in [2.24, 2.45) is 5.73 Å². The van der Waals surface area contributed by atoms with Crippen LogP contribution in [0.1, 0.15) is 19.4 Å². The molecule has 0 aromatic heterocycles. The summed E-state index contributed by atoms with van der Waals surface area (Å²) in [6.07, 6.45) is 0.0416. The smallest absolute Gasteiger partial charge is 0.121 e. The zero-order valence-corrected chi connectivity index (χ0v) is 11.3. The van der Waals surface area contributed by atoms with E-state index in [2.05, 4.69) is 15.9 Å². The summed E-state index contributed by atoms with van der Waals surface area (Å²) >= 11 is 3.43. The van der Waals surface area contributed by atoms with Gasteiger partial charge in [-0.2, -0.15) is 0 Å². The molecule has 16 heavy (non-hydrogen) atoms. The fraction of sp³-hybridized carbons (Fsp3) is 0.500. The number of halogens is 1. The van der Waals surface area contributed by atoms with Gasteiger partial charge in [0, 0.05) is 17.6 Å². The third-order valence-electron chi connectivity index (χ3n) is 2.06. The highest BCUT2D eigenvalue weighted by molar-refractivity contribution is 9.10. The molecule has 0 bridgehead atoms. The third-order valence-corrected chi connectivity index (χ3v) is 2.52. The second kappa shape index (κ2) is 6.89. The van der Waals surface area contributed by atoms with Gasteiger partial charge in [-0.05, 0) is 37.6 Å². The lowest BCUT2D eigenvalue weighted by Crippen LogP contribution is -2.19. The molecule has 1 atom stereocenters. The molecule has 2 N–H and O–H groups in total. The van der Waals surface area contributed by atoms with Crippen LogP contribution in [-0.2, 0) is 11.3 Å². The fourth-order valence-corrected chi connectivity index (χ4v) is 1.88. The number of nitrogens with two attached hydrogens (primary N) is 1. The van der Waals surface area contributed by atoms with Crippen LogP contribution < -0.4 is 10.5 Å². The topological polar surface area (TPSA) is 44.5 Å². The first-order valence-corrected chi connectivity index (χ1v) is 6.19. The van der Waals surface area contributed by atoms with Crippen molar-refractivity contribution >= 4 is 15.9 Å². The second-order valence-corrected chi connectivity index (χ2v) is 4.50. The average molecular weight is 288 g/mol.